The van der Waals surface area contributed by atoms with Crippen LogP contribution in [0, 0.1) is 0 Å². The minimum Gasteiger partial charge on any atom is -0.480 e. The predicted molar refractivity (Wildman–Crippen MR) is 115 cm³/mol. The number of halogens is 2. The summed E-state index contributed by atoms with van der Waals surface area (Å²) in [5.74, 6) is -1.04. The number of carbonyl (C=O) groups is 2. The molecule has 0 aromatic heterocycles. The molecule has 8 heteroatoms. The number of anilines is 2. The Hall–Kier alpha value is -2.96. The van der Waals surface area contributed by atoms with E-state index in [0.29, 0.717) is 27.0 Å². The molecule has 0 radical (unpaired) electrons. The van der Waals surface area contributed by atoms with Crippen molar-refractivity contribution in [3.63, 3.8) is 0 Å². The number of primary amides is 1. The van der Waals surface area contributed by atoms with Crippen LogP contribution in [0.25, 0.3) is 10.8 Å². The first-order valence-electron chi connectivity index (χ1n) is 8.91. The number of carbonyl (C=O) groups excluding carboxylic acids is 1. The lowest BCUT2D eigenvalue weighted by atomic mass is 9.90. The van der Waals surface area contributed by atoms with Crippen molar-refractivity contribution in [2.75, 3.05) is 10.2 Å². The van der Waals surface area contributed by atoms with Gasteiger partial charge in [-0.3, -0.25) is 4.90 Å². The number of urea groups is 1. The molecule has 2 amide bonds. The van der Waals surface area contributed by atoms with Gasteiger partial charge in [0.15, 0.2) is 0 Å². The smallest absolute Gasteiger partial charge is 0.326 e. The molecule has 0 fully saturated rings. The van der Waals surface area contributed by atoms with Gasteiger partial charge in [-0.25, -0.2) is 9.59 Å². The van der Waals surface area contributed by atoms with E-state index in [1.54, 1.807) is 18.2 Å². The first-order valence-corrected chi connectivity index (χ1v) is 9.67. The summed E-state index contributed by atoms with van der Waals surface area (Å²) >= 11 is 12.6. The first-order chi connectivity index (χ1) is 13.9. The van der Waals surface area contributed by atoms with Crippen LogP contribution < -0.4 is 16.0 Å². The SMILES string of the molecule is NC(=O)N(c1cccc2ccccc12)C1CC(C(=O)O)Nc2cc(Cl)cc(Cl)c21. The van der Waals surface area contributed by atoms with E-state index in [1.165, 1.54) is 4.90 Å². The molecular formula is C21H17Cl2N3O3. The third-order valence-corrected chi connectivity index (χ3v) is 5.62. The molecule has 148 valence electrons. The Bertz CT molecular complexity index is 1130. The Labute approximate surface area is 176 Å². The van der Waals surface area contributed by atoms with Crippen molar-refractivity contribution in [3.05, 3.63) is 70.2 Å². The Morgan fingerprint density at radius 1 is 1.10 bits per heavy atom. The van der Waals surface area contributed by atoms with Gasteiger partial charge in [-0.05, 0) is 23.6 Å². The van der Waals surface area contributed by atoms with Crippen LogP contribution in [0.5, 0.6) is 0 Å². The number of hydrogen-bond acceptors (Lipinski definition) is 3. The second-order valence-corrected chi connectivity index (χ2v) is 7.69. The fraction of sp³-hybridized carbons (Fsp3) is 0.143. The number of nitrogens with one attached hydrogen (secondary N) is 1. The van der Waals surface area contributed by atoms with Crippen LogP contribution in [0.15, 0.2) is 54.6 Å². The quantitative estimate of drug-likeness (QED) is 0.543. The van der Waals surface area contributed by atoms with Crippen LogP contribution in [0.1, 0.15) is 18.0 Å². The third kappa shape index (κ3) is 3.45. The van der Waals surface area contributed by atoms with Gasteiger partial charge in [0.1, 0.15) is 6.04 Å². The molecule has 2 atom stereocenters. The van der Waals surface area contributed by atoms with Gasteiger partial charge in [0.25, 0.3) is 0 Å². The van der Waals surface area contributed by atoms with Gasteiger partial charge in [-0.15, -0.1) is 0 Å². The number of carboxylic acids is 1. The summed E-state index contributed by atoms with van der Waals surface area (Å²) in [6.07, 6.45) is 0.0931. The molecule has 0 bridgehead atoms. The number of amides is 2. The van der Waals surface area contributed by atoms with Crippen LogP contribution in [0.2, 0.25) is 10.0 Å². The molecule has 29 heavy (non-hydrogen) atoms. The Kier molecular flexibility index (Phi) is 4.98. The molecule has 4 rings (SSSR count). The summed E-state index contributed by atoms with van der Waals surface area (Å²) in [4.78, 5) is 25.8. The molecule has 0 saturated heterocycles. The molecule has 3 aromatic rings. The minimum atomic E-state index is -1.04. The van der Waals surface area contributed by atoms with Crippen molar-refractivity contribution < 1.29 is 14.7 Å². The van der Waals surface area contributed by atoms with E-state index in [1.807, 2.05) is 36.4 Å². The van der Waals surface area contributed by atoms with Crippen molar-refractivity contribution in [2.45, 2.75) is 18.5 Å². The van der Waals surface area contributed by atoms with E-state index in [2.05, 4.69) is 5.32 Å². The highest BCUT2D eigenvalue weighted by molar-refractivity contribution is 6.35. The highest BCUT2D eigenvalue weighted by atomic mass is 35.5. The van der Waals surface area contributed by atoms with Crippen molar-refractivity contribution >= 4 is 57.3 Å². The maximum atomic E-state index is 12.6. The van der Waals surface area contributed by atoms with Gasteiger partial charge in [-0.2, -0.15) is 0 Å². The molecule has 2 unspecified atom stereocenters. The molecule has 1 aliphatic rings. The lowest BCUT2D eigenvalue weighted by Crippen LogP contribution is -2.45. The molecule has 3 aromatic carbocycles. The molecule has 0 spiro atoms. The van der Waals surface area contributed by atoms with Gasteiger partial charge in [-0.1, -0.05) is 59.6 Å². The fourth-order valence-corrected chi connectivity index (χ4v) is 4.51. The largest absolute Gasteiger partial charge is 0.480 e. The zero-order valence-electron chi connectivity index (χ0n) is 15.1. The topological polar surface area (TPSA) is 95.7 Å². The summed E-state index contributed by atoms with van der Waals surface area (Å²) in [6, 6.07) is 14.0. The van der Waals surface area contributed by atoms with Crippen molar-refractivity contribution in [2.24, 2.45) is 5.73 Å². The van der Waals surface area contributed by atoms with Crippen molar-refractivity contribution in [1.82, 2.24) is 0 Å². The number of nitrogens with zero attached hydrogens (tertiary/aromatic N) is 1. The van der Waals surface area contributed by atoms with Gasteiger partial charge in [0.2, 0.25) is 0 Å². The summed E-state index contributed by atoms with van der Waals surface area (Å²) in [6.45, 7) is 0. The van der Waals surface area contributed by atoms with Crippen LogP contribution in [-0.2, 0) is 4.79 Å². The molecule has 6 nitrogen and oxygen atoms in total. The van der Waals surface area contributed by atoms with E-state index >= 15 is 0 Å². The lowest BCUT2D eigenvalue weighted by molar-refractivity contribution is -0.138. The van der Waals surface area contributed by atoms with E-state index in [-0.39, 0.29) is 6.42 Å². The lowest BCUT2D eigenvalue weighted by Gasteiger charge is -2.38. The second-order valence-electron chi connectivity index (χ2n) is 6.84. The number of hydrogen-bond donors (Lipinski definition) is 3. The van der Waals surface area contributed by atoms with Crippen molar-refractivity contribution in [1.29, 1.82) is 0 Å². The Morgan fingerprint density at radius 3 is 2.55 bits per heavy atom. The fourth-order valence-electron chi connectivity index (χ4n) is 3.89. The molecule has 4 N–H and O–H groups in total. The number of nitrogens with two attached hydrogens (primary N) is 1. The van der Waals surface area contributed by atoms with Crippen LogP contribution in [0.4, 0.5) is 16.2 Å². The maximum absolute atomic E-state index is 12.6. The van der Waals surface area contributed by atoms with E-state index in [4.69, 9.17) is 28.9 Å². The average Bonchev–Trinajstić information content (AvgIpc) is 2.67. The van der Waals surface area contributed by atoms with Gasteiger partial charge < -0.3 is 16.2 Å². The number of rotatable bonds is 3. The molecular weight excluding hydrogens is 413 g/mol. The number of fused-ring (bicyclic) bond motifs is 2. The first kappa shape index (κ1) is 19.4. The summed E-state index contributed by atoms with van der Waals surface area (Å²) in [5.41, 5.74) is 7.44. The standard InChI is InChI=1S/C21H17Cl2N3O3/c22-12-8-14(23)19-15(9-12)25-16(20(27)28)10-18(19)26(21(24)29)17-7-3-5-11-4-1-2-6-13(11)17/h1-9,16,18,25H,10H2,(H2,24,29)(H,27,28). The molecule has 0 saturated carbocycles. The highest BCUT2D eigenvalue weighted by Crippen LogP contribution is 2.45. The third-order valence-electron chi connectivity index (χ3n) is 5.09. The van der Waals surface area contributed by atoms with Gasteiger partial charge in [0, 0.05) is 33.1 Å². The molecule has 1 aliphatic heterocycles. The van der Waals surface area contributed by atoms with E-state index in [0.717, 1.165) is 10.8 Å². The van der Waals surface area contributed by atoms with Crippen LogP contribution in [0.3, 0.4) is 0 Å². The van der Waals surface area contributed by atoms with Gasteiger partial charge >= 0.3 is 12.0 Å². The average molecular weight is 430 g/mol. The predicted octanol–water partition coefficient (Wildman–Crippen LogP) is 5.04. The normalized spacial score (nSPS) is 18.0. The monoisotopic (exact) mass is 429 g/mol. The molecule has 0 aliphatic carbocycles. The van der Waals surface area contributed by atoms with Crippen LogP contribution >= 0.6 is 23.2 Å². The second kappa shape index (κ2) is 7.46. The molecule has 1 heterocycles. The number of benzene rings is 3. The van der Waals surface area contributed by atoms with Crippen LogP contribution in [-0.4, -0.2) is 23.1 Å². The van der Waals surface area contributed by atoms with E-state index in [9.17, 15) is 14.7 Å². The Balaban J connectivity index is 1.94. The zero-order chi connectivity index (χ0) is 20.7. The summed E-state index contributed by atoms with van der Waals surface area (Å²) < 4.78 is 0. The summed E-state index contributed by atoms with van der Waals surface area (Å²) in [7, 11) is 0. The minimum absolute atomic E-state index is 0.0931. The number of aliphatic carboxylic acids is 1. The van der Waals surface area contributed by atoms with Crippen molar-refractivity contribution in [3.8, 4) is 0 Å². The number of carboxylic acid groups (broad SMARTS) is 1. The van der Waals surface area contributed by atoms with E-state index < -0.39 is 24.1 Å². The highest BCUT2D eigenvalue weighted by Gasteiger charge is 2.38. The zero-order valence-corrected chi connectivity index (χ0v) is 16.6. The maximum Gasteiger partial charge on any atom is 0.326 e. The van der Waals surface area contributed by atoms with Gasteiger partial charge in [0.05, 0.1) is 11.7 Å². The summed E-state index contributed by atoms with van der Waals surface area (Å²) in [5, 5.41) is 15.0. The Morgan fingerprint density at radius 2 is 1.83 bits per heavy atom.